The number of fused-ring (bicyclic) bond motifs is 1. The normalized spacial score (nSPS) is 11.1. The van der Waals surface area contributed by atoms with Gasteiger partial charge in [-0.3, -0.25) is 9.36 Å². The second-order valence-corrected chi connectivity index (χ2v) is 7.83. The fraction of sp³-hybridized carbons (Fsp3) is 0.105. The maximum atomic E-state index is 14.3. The predicted molar refractivity (Wildman–Crippen MR) is 114 cm³/mol. The molecule has 0 amide bonds. The summed E-state index contributed by atoms with van der Waals surface area (Å²) in [6, 6.07) is 13.4. The van der Waals surface area contributed by atoms with Gasteiger partial charge in [-0.15, -0.1) is 0 Å². The number of benzene rings is 2. The van der Waals surface area contributed by atoms with E-state index in [0.29, 0.717) is 32.3 Å². The van der Waals surface area contributed by atoms with Crippen LogP contribution in [0.15, 0.2) is 53.3 Å². The lowest BCUT2D eigenvalue weighted by molar-refractivity contribution is 0.339. The molecule has 28 heavy (non-hydrogen) atoms. The largest absolute Gasteiger partial charge is 0.492 e. The van der Waals surface area contributed by atoms with E-state index in [1.165, 1.54) is 12.1 Å². The van der Waals surface area contributed by atoms with E-state index in [4.69, 9.17) is 29.2 Å². The van der Waals surface area contributed by atoms with Gasteiger partial charge in [0.15, 0.2) is 8.73 Å². The summed E-state index contributed by atoms with van der Waals surface area (Å²) in [5, 5.41) is 0. The molecule has 0 spiro atoms. The van der Waals surface area contributed by atoms with Gasteiger partial charge in [-0.25, -0.2) is 8.96 Å². The number of H-pyrrole nitrogens is 1. The van der Waals surface area contributed by atoms with Crippen molar-refractivity contribution < 1.29 is 9.13 Å². The molecule has 0 unspecified atom stereocenters. The molecule has 4 rings (SSSR count). The number of halogens is 1. The van der Waals surface area contributed by atoms with Crippen molar-refractivity contribution in [3.63, 3.8) is 0 Å². The number of para-hydroxylation sites is 3. The highest BCUT2D eigenvalue weighted by Gasteiger charge is 2.18. The van der Waals surface area contributed by atoms with Crippen molar-refractivity contribution in [1.29, 1.82) is 0 Å². The Balaban J connectivity index is 2.06. The maximum Gasteiger partial charge on any atom is 0.278 e. The van der Waals surface area contributed by atoms with Gasteiger partial charge in [-0.05, 0) is 55.6 Å². The average Bonchev–Trinajstić information content (AvgIpc) is 3.00. The Labute approximate surface area is 173 Å². The Morgan fingerprint density at radius 2 is 1.75 bits per heavy atom. The van der Waals surface area contributed by atoms with E-state index < -0.39 is 11.4 Å². The van der Waals surface area contributed by atoms with E-state index in [9.17, 15) is 9.18 Å². The molecule has 5 nitrogen and oxygen atoms in total. The number of aromatic amines is 1. The molecular weight excluding hydrogens is 417 g/mol. The molecule has 4 aromatic rings. The summed E-state index contributed by atoms with van der Waals surface area (Å²) in [7, 11) is 0. The zero-order valence-corrected chi connectivity index (χ0v) is 17.1. The average molecular weight is 432 g/mol. The van der Waals surface area contributed by atoms with Crippen LogP contribution >= 0.6 is 35.8 Å². The van der Waals surface area contributed by atoms with Crippen molar-refractivity contribution in [1.82, 2.24) is 14.1 Å². The Morgan fingerprint density at radius 3 is 2.46 bits per heavy atom. The number of nitrogens with zero attached hydrogens (tertiary/aromatic N) is 2. The van der Waals surface area contributed by atoms with Crippen molar-refractivity contribution >= 4 is 46.1 Å². The first-order valence-electron chi connectivity index (χ1n) is 8.41. The summed E-state index contributed by atoms with van der Waals surface area (Å²) >= 11 is 12.0. The monoisotopic (exact) mass is 431 g/mol. The van der Waals surface area contributed by atoms with Gasteiger partial charge in [0.05, 0.1) is 18.0 Å². The minimum atomic E-state index is -0.534. The molecule has 9 heteroatoms. The summed E-state index contributed by atoms with van der Waals surface area (Å²) in [6.07, 6.45) is 0. The first kappa shape index (κ1) is 18.7. The van der Waals surface area contributed by atoms with Crippen LogP contribution in [-0.4, -0.2) is 20.7 Å². The Bertz CT molecular complexity index is 1370. The molecule has 0 aliphatic rings. The molecule has 0 radical (unpaired) electrons. The van der Waals surface area contributed by atoms with E-state index >= 15 is 0 Å². The zero-order chi connectivity index (χ0) is 19.8. The first-order chi connectivity index (χ1) is 13.5. The second-order valence-electron chi connectivity index (χ2n) is 5.80. The van der Waals surface area contributed by atoms with E-state index in [1.54, 1.807) is 16.7 Å². The van der Waals surface area contributed by atoms with Crippen molar-refractivity contribution in [3.8, 4) is 17.1 Å². The van der Waals surface area contributed by atoms with Gasteiger partial charge in [0.25, 0.3) is 5.56 Å². The fourth-order valence-electron chi connectivity index (χ4n) is 2.97. The molecule has 0 saturated heterocycles. The maximum absolute atomic E-state index is 14.3. The number of hydrogen-bond donors (Lipinski definition) is 1. The van der Waals surface area contributed by atoms with Crippen LogP contribution in [0.4, 0.5) is 4.39 Å². The van der Waals surface area contributed by atoms with Gasteiger partial charge in [-0.2, -0.15) is 0 Å². The number of thiazole rings is 1. The number of hydrogen-bond acceptors (Lipinski definition) is 5. The molecule has 142 valence electrons. The van der Waals surface area contributed by atoms with E-state index in [-0.39, 0.29) is 10.5 Å². The van der Waals surface area contributed by atoms with Gasteiger partial charge in [0, 0.05) is 0 Å². The number of ether oxygens (including phenoxy) is 1. The fourth-order valence-corrected chi connectivity index (χ4v) is 4.56. The highest BCUT2D eigenvalue weighted by atomic mass is 32.1. The van der Waals surface area contributed by atoms with Crippen LogP contribution in [0.5, 0.6) is 5.75 Å². The lowest BCUT2D eigenvalue weighted by Gasteiger charge is -2.12. The third-order valence-electron chi connectivity index (χ3n) is 4.14. The topological polar surface area (TPSA) is 51.9 Å². The molecule has 1 N–H and O–H groups in total. The van der Waals surface area contributed by atoms with Gasteiger partial charge >= 0.3 is 0 Å². The molecule has 0 saturated carbocycles. The van der Waals surface area contributed by atoms with Crippen LogP contribution in [0.2, 0.25) is 0 Å². The van der Waals surface area contributed by atoms with Crippen LogP contribution in [0.1, 0.15) is 6.92 Å². The standard InChI is InChI=1S/C19H14FN3O2S3/c1-2-25-14-10-6-5-9-13(14)22-16-15(28-19(22)27)17(24)23(18(26)21-16)12-8-4-3-7-11(12)20/h3-10H,2H2,1H3,(H,21,26). The first-order valence-corrected chi connectivity index (χ1v) is 10.0. The van der Waals surface area contributed by atoms with E-state index in [2.05, 4.69) is 4.98 Å². The van der Waals surface area contributed by atoms with Gasteiger partial charge in [-0.1, -0.05) is 35.6 Å². The van der Waals surface area contributed by atoms with Crippen molar-refractivity contribution in [2.24, 2.45) is 0 Å². The van der Waals surface area contributed by atoms with Crippen LogP contribution < -0.4 is 10.3 Å². The number of aromatic nitrogens is 3. The van der Waals surface area contributed by atoms with Crippen LogP contribution in [0.3, 0.4) is 0 Å². The minimum Gasteiger partial charge on any atom is -0.492 e. The second kappa shape index (κ2) is 7.42. The molecular formula is C19H14FN3O2S3. The van der Waals surface area contributed by atoms with Crippen LogP contribution in [0, 0.1) is 14.5 Å². The van der Waals surface area contributed by atoms with E-state index in [0.717, 1.165) is 15.9 Å². The predicted octanol–water partition coefficient (Wildman–Crippen LogP) is 5.17. The molecule has 0 atom stereocenters. The SMILES string of the molecule is CCOc1ccccc1-n1c(=S)sc2c(=O)n(-c3ccccc3F)c(=S)[nH]c21. The Hall–Kier alpha value is -2.62. The molecule has 0 aliphatic carbocycles. The van der Waals surface area contributed by atoms with Crippen LogP contribution in [0.25, 0.3) is 21.7 Å². The highest BCUT2D eigenvalue weighted by molar-refractivity contribution is 7.73. The van der Waals surface area contributed by atoms with Crippen LogP contribution in [-0.2, 0) is 0 Å². The summed E-state index contributed by atoms with van der Waals surface area (Å²) in [5.41, 5.74) is 0.836. The third-order valence-corrected chi connectivity index (χ3v) is 5.78. The molecule has 2 aromatic heterocycles. The molecule has 2 heterocycles. The quantitative estimate of drug-likeness (QED) is 0.453. The molecule has 0 bridgehead atoms. The molecule has 2 aromatic carbocycles. The van der Waals surface area contributed by atoms with Crippen molar-refractivity contribution in [2.75, 3.05) is 6.61 Å². The number of rotatable bonds is 4. The number of nitrogens with one attached hydrogen (secondary N) is 1. The smallest absolute Gasteiger partial charge is 0.278 e. The summed E-state index contributed by atoms with van der Waals surface area (Å²) in [4.78, 5) is 16.2. The van der Waals surface area contributed by atoms with Gasteiger partial charge in [0.2, 0.25) is 0 Å². The van der Waals surface area contributed by atoms with Crippen molar-refractivity contribution in [2.45, 2.75) is 6.92 Å². The third kappa shape index (κ3) is 3.01. The Kier molecular flexibility index (Phi) is 4.96. The van der Waals surface area contributed by atoms with E-state index in [1.807, 2.05) is 31.2 Å². The summed E-state index contributed by atoms with van der Waals surface area (Å²) in [5.74, 6) is 0.103. The van der Waals surface area contributed by atoms with Gasteiger partial charge < -0.3 is 9.72 Å². The van der Waals surface area contributed by atoms with Gasteiger partial charge in [0.1, 0.15) is 21.9 Å². The zero-order valence-electron chi connectivity index (χ0n) is 14.6. The minimum absolute atomic E-state index is 0.0815. The van der Waals surface area contributed by atoms with Crippen molar-refractivity contribution in [3.05, 3.63) is 73.4 Å². The highest BCUT2D eigenvalue weighted by Crippen LogP contribution is 2.29. The lowest BCUT2D eigenvalue weighted by Crippen LogP contribution is -2.21. The Morgan fingerprint density at radius 1 is 1.07 bits per heavy atom. The summed E-state index contributed by atoms with van der Waals surface area (Å²) < 4.78 is 23.7. The molecule has 0 aliphatic heterocycles. The molecule has 0 fully saturated rings. The lowest BCUT2D eigenvalue weighted by atomic mass is 10.3. The summed E-state index contributed by atoms with van der Waals surface area (Å²) in [6.45, 7) is 2.38.